The van der Waals surface area contributed by atoms with Gasteiger partial charge in [-0.15, -0.1) is 0 Å². The fourth-order valence-corrected chi connectivity index (χ4v) is 5.44. The molecule has 0 atom stereocenters. The van der Waals surface area contributed by atoms with Crippen LogP contribution in [-0.4, -0.2) is 28.4 Å². The summed E-state index contributed by atoms with van der Waals surface area (Å²) in [6.45, 7) is -0.280. The number of hydrogen-bond acceptors (Lipinski definition) is 5. The molecule has 0 aliphatic carbocycles. The Bertz CT molecular complexity index is 1550. The highest BCUT2D eigenvalue weighted by Gasteiger charge is 2.31. The summed E-state index contributed by atoms with van der Waals surface area (Å²) in [5.74, 6) is -0.175. The normalized spacial score (nSPS) is 11.8. The van der Waals surface area contributed by atoms with Crippen LogP contribution in [0.4, 0.5) is 13.2 Å². The van der Waals surface area contributed by atoms with E-state index in [2.05, 4.69) is 10.1 Å². The first-order valence-electron chi connectivity index (χ1n) is 10.2. The van der Waals surface area contributed by atoms with E-state index in [9.17, 15) is 22.8 Å². The van der Waals surface area contributed by atoms with E-state index in [1.54, 1.807) is 36.4 Å². The minimum atomic E-state index is -4.56. The van der Waals surface area contributed by atoms with Crippen molar-refractivity contribution in [1.82, 2.24) is 9.66 Å². The van der Waals surface area contributed by atoms with Crippen molar-refractivity contribution < 1.29 is 22.7 Å². The molecule has 3 aromatic carbocycles. The summed E-state index contributed by atoms with van der Waals surface area (Å²) in [5.41, 5.74) is 4.75. The van der Waals surface area contributed by atoms with Crippen LogP contribution in [0.2, 0.25) is 0 Å². The molecular weight excluding hydrogens is 703 g/mol. The highest BCUT2D eigenvalue weighted by Crippen LogP contribution is 2.32. The lowest BCUT2D eigenvalue weighted by Crippen LogP contribution is -2.21. The lowest BCUT2D eigenvalue weighted by molar-refractivity contribution is -0.137. The van der Waals surface area contributed by atoms with Gasteiger partial charge in [0, 0.05) is 5.56 Å². The van der Waals surface area contributed by atoms with E-state index in [1.807, 2.05) is 45.2 Å². The number of ether oxygens (including phenoxy) is 1. The van der Waals surface area contributed by atoms with E-state index in [-0.39, 0.29) is 23.4 Å². The Labute approximate surface area is 229 Å². The summed E-state index contributed by atoms with van der Waals surface area (Å²) in [6, 6.07) is 14.5. The monoisotopic (exact) mass is 718 g/mol. The van der Waals surface area contributed by atoms with E-state index < -0.39 is 23.2 Å². The van der Waals surface area contributed by atoms with Crippen molar-refractivity contribution in [3.05, 3.63) is 89.3 Å². The fourth-order valence-electron chi connectivity index (χ4n) is 3.31. The maximum Gasteiger partial charge on any atom is 0.416 e. The van der Waals surface area contributed by atoms with Gasteiger partial charge in [-0.3, -0.25) is 9.59 Å². The molecule has 0 aliphatic heterocycles. The molecule has 0 fully saturated rings. The number of nitrogens with two attached hydrogens (primary N) is 1. The van der Waals surface area contributed by atoms with Crippen molar-refractivity contribution >= 4 is 68.2 Å². The molecule has 4 rings (SSSR count). The summed E-state index contributed by atoms with van der Waals surface area (Å²) in [7, 11) is 0. The van der Waals surface area contributed by atoms with Crippen LogP contribution in [0.3, 0.4) is 0 Å². The van der Waals surface area contributed by atoms with Crippen LogP contribution in [0.5, 0.6) is 5.75 Å². The number of primary amides is 1. The minimum absolute atomic E-state index is 0.0353. The molecule has 7 nitrogen and oxygen atoms in total. The second-order valence-electron chi connectivity index (χ2n) is 7.46. The molecule has 1 amide bonds. The quantitative estimate of drug-likeness (QED) is 0.223. The third-order valence-corrected chi connectivity index (χ3v) is 6.51. The standard InChI is InChI=1S/C24H15F3I2N4O3/c25-24(26,27)15-5-3-4-14(10-15)22-32-19-7-2-1-6-16(19)23(35)33(22)31-11-13-8-17(28)21(18(29)9-13)36-12-20(30)34/h1-11H,12H2,(H2,30,34). The predicted octanol–water partition coefficient (Wildman–Crippen LogP) is 5.04. The zero-order valence-electron chi connectivity index (χ0n) is 18.1. The SMILES string of the molecule is NC(=O)COc1c(I)cc(C=Nn2c(-c3cccc(C(F)(F)F)c3)nc3ccccc3c2=O)cc1I. The van der Waals surface area contributed by atoms with E-state index in [0.717, 1.165) is 16.8 Å². The zero-order chi connectivity index (χ0) is 26.0. The first-order valence-corrected chi connectivity index (χ1v) is 12.3. The van der Waals surface area contributed by atoms with Crippen molar-refractivity contribution in [2.24, 2.45) is 10.8 Å². The molecule has 184 valence electrons. The van der Waals surface area contributed by atoms with Gasteiger partial charge in [-0.2, -0.15) is 22.9 Å². The molecule has 0 radical (unpaired) electrons. The van der Waals surface area contributed by atoms with Gasteiger partial charge in [0.1, 0.15) is 5.75 Å². The first-order chi connectivity index (χ1) is 17.0. The molecule has 2 N–H and O–H groups in total. The molecule has 0 saturated heterocycles. The second kappa shape index (κ2) is 10.5. The van der Waals surface area contributed by atoms with E-state index >= 15 is 0 Å². The number of carbonyl (C=O) groups excluding carboxylic acids is 1. The fraction of sp³-hybridized carbons (Fsp3) is 0.0833. The Hall–Kier alpha value is -3.01. The highest BCUT2D eigenvalue weighted by atomic mass is 127. The Balaban J connectivity index is 1.84. The Kier molecular flexibility index (Phi) is 7.63. The van der Waals surface area contributed by atoms with Crippen LogP contribution in [0, 0.1) is 7.14 Å². The Morgan fingerprint density at radius 3 is 2.44 bits per heavy atom. The molecule has 0 aliphatic rings. The second-order valence-corrected chi connectivity index (χ2v) is 9.79. The topological polar surface area (TPSA) is 99.6 Å². The summed E-state index contributed by atoms with van der Waals surface area (Å²) in [5, 5.41) is 4.56. The van der Waals surface area contributed by atoms with Crippen LogP contribution < -0.4 is 16.0 Å². The van der Waals surface area contributed by atoms with Crippen LogP contribution in [-0.2, 0) is 11.0 Å². The zero-order valence-corrected chi connectivity index (χ0v) is 22.4. The van der Waals surface area contributed by atoms with Crippen molar-refractivity contribution in [2.45, 2.75) is 6.18 Å². The average Bonchev–Trinajstić information content (AvgIpc) is 2.82. The third kappa shape index (κ3) is 5.69. The third-order valence-electron chi connectivity index (χ3n) is 4.90. The van der Waals surface area contributed by atoms with Gasteiger partial charge in [0.05, 0.1) is 29.8 Å². The van der Waals surface area contributed by atoms with Gasteiger partial charge in [0.2, 0.25) is 0 Å². The molecular formula is C24H15F3I2N4O3. The van der Waals surface area contributed by atoms with Crippen molar-refractivity contribution in [3.8, 4) is 17.1 Å². The van der Waals surface area contributed by atoms with Gasteiger partial charge in [0.15, 0.2) is 12.4 Å². The number of benzene rings is 3. The van der Waals surface area contributed by atoms with Gasteiger partial charge >= 0.3 is 6.18 Å². The number of fused-ring (bicyclic) bond motifs is 1. The number of hydrogen-bond donors (Lipinski definition) is 1. The average molecular weight is 718 g/mol. The molecule has 36 heavy (non-hydrogen) atoms. The Morgan fingerprint density at radius 1 is 1.08 bits per heavy atom. The maximum absolute atomic E-state index is 13.3. The van der Waals surface area contributed by atoms with E-state index in [0.29, 0.717) is 24.0 Å². The number of halogens is 5. The number of alkyl halides is 3. The predicted molar refractivity (Wildman–Crippen MR) is 146 cm³/mol. The number of carbonyl (C=O) groups is 1. The largest absolute Gasteiger partial charge is 0.482 e. The lowest BCUT2D eigenvalue weighted by Gasteiger charge is -2.12. The number of para-hydroxylation sites is 1. The minimum Gasteiger partial charge on any atom is -0.482 e. The summed E-state index contributed by atoms with van der Waals surface area (Å²) >= 11 is 4.05. The lowest BCUT2D eigenvalue weighted by atomic mass is 10.1. The molecule has 0 unspecified atom stereocenters. The smallest absolute Gasteiger partial charge is 0.416 e. The van der Waals surface area contributed by atoms with Gasteiger partial charge < -0.3 is 10.5 Å². The van der Waals surface area contributed by atoms with Crippen molar-refractivity contribution in [3.63, 3.8) is 0 Å². The number of rotatable bonds is 6. The first kappa shape index (κ1) is 26.1. The van der Waals surface area contributed by atoms with Crippen molar-refractivity contribution in [2.75, 3.05) is 6.61 Å². The van der Waals surface area contributed by atoms with Gasteiger partial charge in [0.25, 0.3) is 11.5 Å². The van der Waals surface area contributed by atoms with Gasteiger partial charge in [-0.25, -0.2) is 4.98 Å². The molecule has 1 heterocycles. The Morgan fingerprint density at radius 2 is 1.78 bits per heavy atom. The number of nitrogens with zero attached hydrogens (tertiary/aromatic N) is 3. The van der Waals surface area contributed by atoms with E-state index in [4.69, 9.17) is 10.5 Å². The van der Waals surface area contributed by atoms with Crippen LogP contribution >= 0.6 is 45.2 Å². The molecule has 12 heteroatoms. The summed E-state index contributed by atoms with van der Waals surface area (Å²) in [6.07, 6.45) is -3.16. The van der Waals surface area contributed by atoms with Crippen LogP contribution in [0.1, 0.15) is 11.1 Å². The maximum atomic E-state index is 13.3. The van der Waals surface area contributed by atoms with E-state index in [1.165, 1.54) is 18.3 Å². The molecule has 0 saturated carbocycles. The van der Waals surface area contributed by atoms with Crippen molar-refractivity contribution in [1.29, 1.82) is 0 Å². The molecule has 0 spiro atoms. The van der Waals surface area contributed by atoms with Gasteiger partial charge in [-0.1, -0.05) is 24.3 Å². The van der Waals surface area contributed by atoms with Crippen LogP contribution in [0.15, 0.2) is 70.6 Å². The number of aromatic nitrogens is 2. The molecule has 0 bridgehead atoms. The summed E-state index contributed by atoms with van der Waals surface area (Å²) in [4.78, 5) is 28.8. The molecule has 1 aromatic heterocycles. The highest BCUT2D eigenvalue weighted by molar-refractivity contribution is 14.1. The van der Waals surface area contributed by atoms with Gasteiger partial charge in [-0.05, 0) is 87.1 Å². The molecule has 4 aromatic rings. The van der Waals surface area contributed by atoms with Crippen LogP contribution in [0.25, 0.3) is 22.3 Å². The number of amides is 1. The summed E-state index contributed by atoms with van der Waals surface area (Å²) < 4.78 is 47.8.